The summed E-state index contributed by atoms with van der Waals surface area (Å²) >= 11 is 0. The summed E-state index contributed by atoms with van der Waals surface area (Å²) in [7, 11) is 0. The Morgan fingerprint density at radius 2 is 2.05 bits per heavy atom. The lowest BCUT2D eigenvalue weighted by molar-refractivity contribution is 0.155. The minimum atomic E-state index is 0.391. The Kier molecular flexibility index (Phi) is 4.66. The normalized spacial score (nSPS) is 15.6. The minimum Gasteiger partial charge on any atom is -0.490 e. The van der Waals surface area contributed by atoms with Crippen molar-refractivity contribution < 1.29 is 4.74 Å². The smallest absolute Gasteiger partial charge is 0.144 e. The second kappa shape index (κ2) is 7.07. The van der Waals surface area contributed by atoms with Crippen molar-refractivity contribution in [2.45, 2.75) is 44.8 Å². The predicted molar refractivity (Wildman–Crippen MR) is 83.3 cm³/mol. The highest BCUT2D eigenvalue weighted by Gasteiger charge is 2.14. The maximum atomic E-state index is 6.09. The molecule has 3 rings (SSSR count). The second-order valence-corrected chi connectivity index (χ2v) is 5.47. The number of hydrogen-bond acceptors (Lipinski definition) is 4. The highest BCUT2D eigenvalue weighted by Crippen LogP contribution is 2.24. The first-order chi connectivity index (χ1) is 10.4. The van der Waals surface area contributed by atoms with Crippen molar-refractivity contribution in [1.82, 2.24) is 9.97 Å². The molecule has 4 heteroatoms. The molecule has 0 unspecified atom stereocenters. The van der Waals surface area contributed by atoms with Crippen LogP contribution in [0.15, 0.2) is 42.9 Å². The van der Waals surface area contributed by atoms with Crippen molar-refractivity contribution in [2.24, 2.45) is 0 Å². The van der Waals surface area contributed by atoms with Gasteiger partial charge in [-0.1, -0.05) is 18.6 Å². The Balaban J connectivity index is 1.57. The quantitative estimate of drug-likeness (QED) is 0.906. The van der Waals surface area contributed by atoms with Crippen LogP contribution < -0.4 is 10.1 Å². The van der Waals surface area contributed by atoms with Crippen LogP contribution in [0.25, 0.3) is 0 Å². The molecule has 0 aliphatic heterocycles. The summed E-state index contributed by atoms with van der Waals surface area (Å²) in [6.45, 7) is 0.723. The van der Waals surface area contributed by atoms with Crippen molar-refractivity contribution >= 4 is 5.82 Å². The van der Waals surface area contributed by atoms with Crippen molar-refractivity contribution in [3.05, 3.63) is 48.4 Å². The van der Waals surface area contributed by atoms with E-state index in [9.17, 15) is 0 Å². The van der Waals surface area contributed by atoms with E-state index in [0.717, 1.165) is 18.1 Å². The standard InChI is InChI=1S/C17H21N3O/c1-2-6-15(7-3-1)21-16-8-4-5-14(11-16)12-20-17-13-18-9-10-19-17/h4-5,8-11,13,15H,1-3,6-7,12H2,(H,19,20). The molecule has 0 atom stereocenters. The van der Waals surface area contributed by atoms with Crippen molar-refractivity contribution in [3.63, 3.8) is 0 Å². The van der Waals surface area contributed by atoms with Gasteiger partial charge in [-0.15, -0.1) is 0 Å². The maximum Gasteiger partial charge on any atom is 0.144 e. The third-order valence-electron chi connectivity index (χ3n) is 3.79. The van der Waals surface area contributed by atoms with Crippen LogP contribution in [0.2, 0.25) is 0 Å². The molecule has 1 saturated carbocycles. The van der Waals surface area contributed by atoms with Gasteiger partial charge in [-0.25, -0.2) is 4.98 Å². The number of rotatable bonds is 5. The molecule has 0 spiro atoms. The molecule has 0 radical (unpaired) electrons. The molecule has 1 aromatic heterocycles. The van der Waals surface area contributed by atoms with Gasteiger partial charge in [0.25, 0.3) is 0 Å². The van der Waals surface area contributed by atoms with Crippen LogP contribution in [0.4, 0.5) is 5.82 Å². The first-order valence-corrected chi connectivity index (χ1v) is 7.66. The molecule has 1 fully saturated rings. The Bertz CT molecular complexity index is 553. The van der Waals surface area contributed by atoms with Gasteiger partial charge in [-0.3, -0.25) is 4.98 Å². The molecular formula is C17H21N3O. The SMILES string of the molecule is c1cc(CNc2cnccn2)cc(OC2CCCCC2)c1. The Labute approximate surface area is 125 Å². The third kappa shape index (κ3) is 4.18. The summed E-state index contributed by atoms with van der Waals surface area (Å²) in [5.74, 6) is 1.76. The van der Waals surface area contributed by atoms with Crippen LogP contribution >= 0.6 is 0 Å². The van der Waals surface area contributed by atoms with E-state index in [-0.39, 0.29) is 0 Å². The van der Waals surface area contributed by atoms with Crippen LogP contribution in [0.3, 0.4) is 0 Å². The molecule has 1 N–H and O–H groups in total. The first-order valence-electron chi connectivity index (χ1n) is 7.66. The van der Waals surface area contributed by atoms with Crippen molar-refractivity contribution in [2.75, 3.05) is 5.32 Å². The van der Waals surface area contributed by atoms with E-state index in [1.807, 2.05) is 12.1 Å². The topological polar surface area (TPSA) is 47.0 Å². The molecule has 0 bridgehead atoms. The molecule has 2 aromatic rings. The van der Waals surface area contributed by atoms with Crippen LogP contribution in [0.1, 0.15) is 37.7 Å². The number of benzene rings is 1. The van der Waals surface area contributed by atoms with Gasteiger partial charge in [0, 0.05) is 18.9 Å². The summed E-state index contributed by atoms with van der Waals surface area (Å²) in [4.78, 5) is 8.25. The molecule has 4 nitrogen and oxygen atoms in total. The molecule has 110 valence electrons. The number of anilines is 1. The Morgan fingerprint density at radius 1 is 1.14 bits per heavy atom. The number of nitrogens with zero attached hydrogens (tertiary/aromatic N) is 2. The minimum absolute atomic E-state index is 0.391. The molecular weight excluding hydrogens is 262 g/mol. The van der Waals surface area contributed by atoms with E-state index >= 15 is 0 Å². The van der Waals surface area contributed by atoms with Gasteiger partial charge in [0.2, 0.25) is 0 Å². The molecule has 1 aliphatic rings. The number of ether oxygens (including phenoxy) is 1. The fourth-order valence-corrected chi connectivity index (χ4v) is 2.69. The van der Waals surface area contributed by atoms with Gasteiger partial charge in [0.1, 0.15) is 11.6 Å². The molecule has 21 heavy (non-hydrogen) atoms. The van der Waals surface area contributed by atoms with E-state index in [0.29, 0.717) is 6.10 Å². The fourth-order valence-electron chi connectivity index (χ4n) is 2.69. The zero-order valence-electron chi connectivity index (χ0n) is 12.2. The number of hydrogen-bond donors (Lipinski definition) is 1. The fraction of sp³-hybridized carbons (Fsp3) is 0.412. The lowest BCUT2D eigenvalue weighted by atomic mass is 9.98. The Hall–Kier alpha value is -2.10. The maximum absolute atomic E-state index is 6.09. The average Bonchev–Trinajstić information content (AvgIpc) is 2.55. The average molecular weight is 283 g/mol. The third-order valence-corrected chi connectivity index (χ3v) is 3.79. The lowest BCUT2D eigenvalue weighted by Gasteiger charge is -2.23. The van der Waals surface area contributed by atoms with Gasteiger partial charge in [-0.2, -0.15) is 0 Å². The second-order valence-electron chi connectivity index (χ2n) is 5.47. The van der Waals surface area contributed by atoms with Crippen LogP contribution in [-0.2, 0) is 6.54 Å². The summed E-state index contributed by atoms with van der Waals surface area (Å²) in [5, 5.41) is 3.26. The zero-order chi connectivity index (χ0) is 14.3. The molecule has 0 amide bonds. The van der Waals surface area contributed by atoms with E-state index in [1.165, 1.54) is 37.7 Å². The highest BCUT2D eigenvalue weighted by atomic mass is 16.5. The van der Waals surface area contributed by atoms with Gasteiger partial charge in [0.05, 0.1) is 12.3 Å². The summed E-state index contributed by atoms with van der Waals surface area (Å²) in [6, 6.07) is 8.29. The van der Waals surface area contributed by atoms with E-state index in [4.69, 9.17) is 4.74 Å². The van der Waals surface area contributed by atoms with Gasteiger partial charge < -0.3 is 10.1 Å². The number of aromatic nitrogens is 2. The van der Waals surface area contributed by atoms with E-state index in [1.54, 1.807) is 18.6 Å². The summed E-state index contributed by atoms with van der Waals surface area (Å²) < 4.78 is 6.09. The van der Waals surface area contributed by atoms with E-state index < -0.39 is 0 Å². The van der Waals surface area contributed by atoms with Crippen LogP contribution in [0, 0.1) is 0 Å². The van der Waals surface area contributed by atoms with Crippen molar-refractivity contribution in [1.29, 1.82) is 0 Å². The first kappa shape index (κ1) is 13.9. The zero-order valence-corrected chi connectivity index (χ0v) is 12.2. The van der Waals surface area contributed by atoms with Gasteiger partial charge in [-0.05, 0) is 43.4 Å². The summed E-state index contributed by atoms with van der Waals surface area (Å²) in [5.41, 5.74) is 1.19. The predicted octanol–water partition coefficient (Wildman–Crippen LogP) is 3.80. The van der Waals surface area contributed by atoms with Crippen LogP contribution in [-0.4, -0.2) is 16.1 Å². The van der Waals surface area contributed by atoms with E-state index in [2.05, 4.69) is 27.4 Å². The number of nitrogens with one attached hydrogen (secondary N) is 1. The lowest BCUT2D eigenvalue weighted by Crippen LogP contribution is -2.19. The van der Waals surface area contributed by atoms with Gasteiger partial charge in [0.15, 0.2) is 0 Å². The Morgan fingerprint density at radius 3 is 2.86 bits per heavy atom. The monoisotopic (exact) mass is 283 g/mol. The molecule has 0 saturated heterocycles. The van der Waals surface area contributed by atoms with Gasteiger partial charge >= 0.3 is 0 Å². The van der Waals surface area contributed by atoms with Crippen molar-refractivity contribution in [3.8, 4) is 5.75 Å². The van der Waals surface area contributed by atoms with Crippen LogP contribution in [0.5, 0.6) is 5.75 Å². The highest BCUT2D eigenvalue weighted by molar-refractivity contribution is 5.35. The largest absolute Gasteiger partial charge is 0.490 e. The summed E-state index contributed by atoms with van der Waals surface area (Å²) in [6.07, 6.45) is 11.8. The molecule has 1 heterocycles. The molecule has 1 aliphatic carbocycles. The molecule has 1 aromatic carbocycles.